The summed E-state index contributed by atoms with van der Waals surface area (Å²) in [5.41, 5.74) is 3.76. The summed E-state index contributed by atoms with van der Waals surface area (Å²) < 4.78 is 0. The van der Waals surface area contributed by atoms with E-state index < -0.39 is 0 Å². The molecule has 0 aromatic heterocycles. The normalized spacial score (nSPS) is 23.6. The smallest absolute Gasteiger partial charge is 0.115 e. The Labute approximate surface area is 139 Å². The molecule has 3 nitrogen and oxygen atoms in total. The molecule has 2 aromatic carbocycles. The van der Waals surface area contributed by atoms with Gasteiger partial charge in [0.2, 0.25) is 0 Å². The molecule has 3 heteroatoms. The predicted molar refractivity (Wildman–Crippen MR) is 94.8 cm³/mol. The highest BCUT2D eigenvalue weighted by Gasteiger charge is 2.31. The van der Waals surface area contributed by atoms with Crippen molar-refractivity contribution in [3.8, 4) is 5.75 Å². The van der Waals surface area contributed by atoms with Crippen LogP contribution in [0, 0.1) is 6.92 Å². The fourth-order valence-corrected chi connectivity index (χ4v) is 3.55. The van der Waals surface area contributed by atoms with Crippen molar-refractivity contribution in [3.63, 3.8) is 0 Å². The third kappa shape index (κ3) is 3.41. The zero-order valence-corrected chi connectivity index (χ0v) is 14.2. The first-order valence-electron chi connectivity index (χ1n) is 8.40. The van der Waals surface area contributed by atoms with Crippen molar-refractivity contribution in [2.45, 2.75) is 38.9 Å². The number of piperazine rings is 1. The highest BCUT2D eigenvalue weighted by atomic mass is 16.3. The highest BCUT2D eigenvalue weighted by molar-refractivity contribution is 5.40. The van der Waals surface area contributed by atoms with Crippen LogP contribution in [0.1, 0.15) is 36.6 Å². The van der Waals surface area contributed by atoms with E-state index in [9.17, 15) is 5.11 Å². The molecule has 1 heterocycles. The Morgan fingerprint density at radius 2 is 1.91 bits per heavy atom. The lowest BCUT2D eigenvalue weighted by Crippen LogP contribution is -2.55. The van der Waals surface area contributed by atoms with E-state index in [1.807, 2.05) is 12.1 Å². The minimum absolute atomic E-state index is 0.169. The third-order valence-electron chi connectivity index (χ3n) is 4.81. The molecule has 0 saturated carbocycles. The average molecular weight is 310 g/mol. The molecular formula is C20H26N2O. The Hall–Kier alpha value is -1.84. The fourth-order valence-electron chi connectivity index (χ4n) is 3.55. The largest absolute Gasteiger partial charge is 0.508 e. The molecule has 2 N–H and O–H groups in total. The van der Waals surface area contributed by atoms with E-state index in [1.165, 1.54) is 11.1 Å². The van der Waals surface area contributed by atoms with E-state index in [-0.39, 0.29) is 6.04 Å². The van der Waals surface area contributed by atoms with E-state index in [0.717, 1.165) is 18.7 Å². The van der Waals surface area contributed by atoms with Crippen molar-refractivity contribution in [1.29, 1.82) is 0 Å². The van der Waals surface area contributed by atoms with Gasteiger partial charge in [0.1, 0.15) is 5.75 Å². The highest BCUT2D eigenvalue weighted by Crippen LogP contribution is 2.34. The molecule has 3 atom stereocenters. The lowest BCUT2D eigenvalue weighted by Gasteiger charge is -2.43. The quantitative estimate of drug-likeness (QED) is 0.911. The molecule has 0 amide bonds. The standard InChI is InChI=1S/C20H26N2O/c1-14-7-4-5-10-19(14)20(17-8-6-9-18(23)11-17)22-13-15(2)21-12-16(22)3/h4-11,15-16,20-21,23H,12-13H2,1-3H3/t15-,16-,20?/m0/s1. The second-order valence-electron chi connectivity index (χ2n) is 6.71. The molecule has 0 aliphatic carbocycles. The van der Waals surface area contributed by atoms with Crippen molar-refractivity contribution < 1.29 is 5.11 Å². The molecule has 23 heavy (non-hydrogen) atoms. The topological polar surface area (TPSA) is 35.5 Å². The fraction of sp³-hybridized carbons (Fsp3) is 0.400. The van der Waals surface area contributed by atoms with Gasteiger partial charge in [-0.1, -0.05) is 36.4 Å². The van der Waals surface area contributed by atoms with E-state index in [4.69, 9.17) is 0 Å². The van der Waals surface area contributed by atoms with Crippen molar-refractivity contribution in [3.05, 3.63) is 65.2 Å². The van der Waals surface area contributed by atoms with Crippen molar-refractivity contribution in [2.24, 2.45) is 0 Å². The van der Waals surface area contributed by atoms with Crippen molar-refractivity contribution in [1.82, 2.24) is 10.2 Å². The zero-order chi connectivity index (χ0) is 16.4. The van der Waals surface area contributed by atoms with Crippen LogP contribution in [0.25, 0.3) is 0 Å². The summed E-state index contributed by atoms with van der Waals surface area (Å²) in [6.07, 6.45) is 0. The Balaban J connectivity index is 2.08. The number of aromatic hydroxyl groups is 1. The van der Waals surface area contributed by atoms with E-state index in [2.05, 4.69) is 61.3 Å². The molecule has 2 aromatic rings. The molecule has 1 aliphatic heterocycles. The van der Waals surface area contributed by atoms with Gasteiger partial charge in [0.25, 0.3) is 0 Å². The minimum Gasteiger partial charge on any atom is -0.508 e. The van der Waals surface area contributed by atoms with Gasteiger partial charge in [0, 0.05) is 25.2 Å². The second kappa shape index (κ2) is 6.73. The summed E-state index contributed by atoms with van der Waals surface area (Å²) in [5.74, 6) is 0.330. The van der Waals surface area contributed by atoms with Crippen LogP contribution in [-0.4, -0.2) is 35.2 Å². The molecule has 0 spiro atoms. The Kier molecular flexibility index (Phi) is 4.69. The number of rotatable bonds is 3. The number of benzene rings is 2. The third-order valence-corrected chi connectivity index (χ3v) is 4.81. The molecule has 1 aliphatic rings. The van der Waals surface area contributed by atoms with Gasteiger partial charge in [-0.15, -0.1) is 0 Å². The molecule has 122 valence electrons. The van der Waals surface area contributed by atoms with Gasteiger partial charge in [-0.25, -0.2) is 0 Å². The SMILES string of the molecule is Cc1ccccc1C(c1cccc(O)c1)N1C[C@H](C)NC[C@@H]1C. The van der Waals surface area contributed by atoms with Crippen LogP contribution in [0.4, 0.5) is 0 Å². The number of phenols is 1. The average Bonchev–Trinajstić information content (AvgIpc) is 2.53. The van der Waals surface area contributed by atoms with Gasteiger partial charge >= 0.3 is 0 Å². The van der Waals surface area contributed by atoms with Crippen molar-refractivity contribution >= 4 is 0 Å². The Morgan fingerprint density at radius 1 is 1.13 bits per heavy atom. The van der Waals surface area contributed by atoms with Crippen LogP contribution in [0.2, 0.25) is 0 Å². The van der Waals surface area contributed by atoms with Crippen LogP contribution in [0.3, 0.4) is 0 Å². The van der Waals surface area contributed by atoms with Gasteiger partial charge in [0.05, 0.1) is 6.04 Å². The van der Waals surface area contributed by atoms with Gasteiger partial charge in [-0.05, 0) is 49.6 Å². The van der Waals surface area contributed by atoms with E-state index in [1.54, 1.807) is 6.07 Å². The lowest BCUT2D eigenvalue weighted by molar-refractivity contribution is 0.113. The van der Waals surface area contributed by atoms with Crippen LogP contribution in [-0.2, 0) is 0 Å². The van der Waals surface area contributed by atoms with Crippen LogP contribution < -0.4 is 5.32 Å². The first-order chi connectivity index (χ1) is 11.1. The molecule has 3 rings (SSSR count). The van der Waals surface area contributed by atoms with Crippen molar-refractivity contribution in [2.75, 3.05) is 13.1 Å². The van der Waals surface area contributed by atoms with Gasteiger partial charge < -0.3 is 10.4 Å². The van der Waals surface area contributed by atoms with Gasteiger partial charge in [-0.3, -0.25) is 4.90 Å². The summed E-state index contributed by atoms with van der Waals surface area (Å²) in [4.78, 5) is 2.55. The number of aryl methyl sites for hydroxylation is 1. The van der Waals surface area contributed by atoms with E-state index >= 15 is 0 Å². The maximum atomic E-state index is 9.96. The summed E-state index contributed by atoms with van der Waals surface area (Å²) in [7, 11) is 0. The molecular weight excluding hydrogens is 284 g/mol. The number of phenolic OH excluding ortho intramolecular Hbond substituents is 1. The van der Waals surface area contributed by atoms with Crippen LogP contribution in [0.5, 0.6) is 5.75 Å². The number of hydrogen-bond donors (Lipinski definition) is 2. The van der Waals surface area contributed by atoms with Crippen LogP contribution in [0.15, 0.2) is 48.5 Å². The first kappa shape index (κ1) is 16.0. The summed E-state index contributed by atoms with van der Waals surface area (Å²) in [5, 5.41) is 13.5. The second-order valence-corrected chi connectivity index (χ2v) is 6.71. The number of nitrogens with zero attached hydrogens (tertiary/aromatic N) is 1. The lowest BCUT2D eigenvalue weighted by atomic mass is 9.91. The Bertz CT molecular complexity index is 670. The Morgan fingerprint density at radius 3 is 2.65 bits per heavy atom. The number of hydrogen-bond acceptors (Lipinski definition) is 3. The summed E-state index contributed by atoms with van der Waals surface area (Å²) >= 11 is 0. The number of nitrogens with one attached hydrogen (secondary N) is 1. The molecule has 0 bridgehead atoms. The zero-order valence-electron chi connectivity index (χ0n) is 14.2. The van der Waals surface area contributed by atoms with Crippen LogP contribution >= 0.6 is 0 Å². The van der Waals surface area contributed by atoms with Gasteiger partial charge in [0.15, 0.2) is 0 Å². The molecule has 1 fully saturated rings. The maximum absolute atomic E-state index is 9.96. The minimum atomic E-state index is 0.169. The molecule has 1 saturated heterocycles. The summed E-state index contributed by atoms with van der Waals surface area (Å²) in [6, 6.07) is 17.3. The summed E-state index contributed by atoms with van der Waals surface area (Å²) in [6.45, 7) is 8.66. The maximum Gasteiger partial charge on any atom is 0.115 e. The van der Waals surface area contributed by atoms with E-state index in [0.29, 0.717) is 17.8 Å². The monoisotopic (exact) mass is 310 g/mol. The predicted octanol–water partition coefficient (Wildman–Crippen LogP) is 3.47. The van der Waals surface area contributed by atoms with Gasteiger partial charge in [-0.2, -0.15) is 0 Å². The first-order valence-corrected chi connectivity index (χ1v) is 8.40. The molecule has 1 unspecified atom stereocenters. The molecule has 0 radical (unpaired) electrons.